The van der Waals surface area contributed by atoms with Crippen LogP contribution in [-0.4, -0.2) is 30.6 Å². The lowest BCUT2D eigenvalue weighted by atomic mass is 10.1. The molecule has 2 aromatic carbocycles. The number of ether oxygens (including phenoxy) is 1. The van der Waals surface area contributed by atoms with Crippen molar-refractivity contribution >= 4 is 27.6 Å². The van der Waals surface area contributed by atoms with E-state index in [-0.39, 0.29) is 18.3 Å². The molecule has 31 heavy (non-hydrogen) atoms. The van der Waals surface area contributed by atoms with Gasteiger partial charge in [0.05, 0.1) is 0 Å². The smallest absolute Gasteiger partial charge is 0.324 e. The molecule has 0 aliphatic carbocycles. The van der Waals surface area contributed by atoms with Gasteiger partial charge in [-0.15, -0.1) is 0 Å². The van der Waals surface area contributed by atoms with Crippen LogP contribution in [0.4, 0.5) is 4.39 Å². The van der Waals surface area contributed by atoms with Crippen molar-refractivity contribution in [2.24, 2.45) is 5.92 Å². The lowest BCUT2D eigenvalue weighted by Crippen LogP contribution is -2.45. The quantitative estimate of drug-likeness (QED) is 0.504. The van der Waals surface area contributed by atoms with E-state index in [1.54, 1.807) is 38.1 Å². The number of carbonyl (C=O) groups is 1. The first kappa shape index (κ1) is 22.9. The molecule has 0 unspecified atom stereocenters. The van der Waals surface area contributed by atoms with Crippen LogP contribution in [0.3, 0.4) is 0 Å². The summed E-state index contributed by atoms with van der Waals surface area (Å²) in [4.78, 5) is 16.1. The zero-order valence-electron chi connectivity index (χ0n) is 16.6. The van der Waals surface area contributed by atoms with Crippen LogP contribution in [0.1, 0.15) is 19.7 Å². The molecule has 3 aromatic rings. The largest absolute Gasteiger partial charge is 0.454 e. The fourth-order valence-electron chi connectivity index (χ4n) is 2.60. The Balaban J connectivity index is 1.68. The van der Waals surface area contributed by atoms with Gasteiger partial charge < -0.3 is 9.26 Å². The molecule has 3 rings (SSSR count). The summed E-state index contributed by atoms with van der Waals surface area (Å²) in [5.41, 5.74) is 0.656. The molecule has 0 saturated heterocycles. The molecular formula is C20H19ClFN3O5S. The molecule has 0 fully saturated rings. The summed E-state index contributed by atoms with van der Waals surface area (Å²) in [5.74, 6) is -1.95. The van der Waals surface area contributed by atoms with Crippen molar-refractivity contribution in [2.75, 3.05) is 0 Å². The Kier molecular flexibility index (Phi) is 7.04. The number of nitrogens with zero attached hydrogens (tertiary/aromatic N) is 2. The first-order chi connectivity index (χ1) is 14.7. The van der Waals surface area contributed by atoms with Crippen molar-refractivity contribution in [3.8, 4) is 11.4 Å². The maximum atomic E-state index is 13.9. The van der Waals surface area contributed by atoms with E-state index < -0.39 is 38.7 Å². The monoisotopic (exact) mass is 467 g/mol. The predicted octanol–water partition coefficient (Wildman–Crippen LogP) is 3.58. The summed E-state index contributed by atoms with van der Waals surface area (Å²) < 4.78 is 51.4. The summed E-state index contributed by atoms with van der Waals surface area (Å²) in [6.45, 7) is 2.90. The minimum absolute atomic E-state index is 0.0257. The molecule has 1 heterocycles. The number of hydrogen-bond acceptors (Lipinski definition) is 7. The molecule has 164 valence electrons. The Morgan fingerprint density at radius 2 is 1.87 bits per heavy atom. The molecule has 1 aromatic heterocycles. The minimum atomic E-state index is -4.29. The van der Waals surface area contributed by atoms with Gasteiger partial charge in [0, 0.05) is 10.6 Å². The third-order valence-electron chi connectivity index (χ3n) is 4.24. The molecule has 8 nitrogen and oxygen atoms in total. The van der Waals surface area contributed by atoms with E-state index in [9.17, 15) is 17.6 Å². The summed E-state index contributed by atoms with van der Waals surface area (Å²) in [7, 11) is -4.29. The SMILES string of the molecule is CC(C)[C@H](NS(=O)(=O)c1ccccc1F)C(=O)OCc1nc(-c2ccc(Cl)cc2)no1. The maximum absolute atomic E-state index is 13.9. The van der Waals surface area contributed by atoms with Crippen LogP contribution in [0.2, 0.25) is 5.02 Å². The molecule has 0 aliphatic rings. The van der Waals surface area contributed by atoms with Crippen LogP contribution >= 0.6 is 11.6 Å². The third kappa shape index (κ3) is 5.66. The summed E-state index contributed by atoms with van der Waals surface area (Å²) >= 11 is 5.85. The van der Waals surface area contributed by atoms with Crippen molar-refractivity contribution in [3.63, 3.8) is 0 Å². The van der Waals surface area contributed by atoms with Gasteiger partial charge in [-0.25, -0.2) is 12.8 Å². The molecule has 0 aliphatic heterocycles. The van der Waals surface area contributed by atoms with E-state index in [1.807, 2.05) is 0 Å². The average Bonchev–Trinajstić information content (AvgIpc) is 3.20. The number of sulfonamides is 1. The van der Waals surface area contributed by atoms with Crippen molar-refractivity contribution in [3.05, 3.63) is 65.3 Å². The van der Waals surface area contributed by atoms with Crippen LogP contribution in [0.5, 0.6) is 0 Å². The highest BCUT2D eigenvalue weighted by molar-refractivity contribution is 7.89. The highest BCUT2D eigenvalue weighted by Gasteiger charge is 2.31. The van der Waals surface area contributed by atoms with Crippen molar-refractivity contribution in [1.82, 2.24) is 14.9 Å². The first-order valence-electron chi connectivity index (χ1n) is 9.19. The predicted molar refractivity (Wildman–Crippen MR) is 110 cm³/mol. The van der Waals surface area contributed by atoms with Crippen molar-refractivity contribution in [1.29, 1.82) is 0 Å². The molecule has 1 N–H and O–H groups in total. The first-order valence-corrected chi connectivity index (χ1v) is 11.1. The van der Waals surface area contributed by atoms with Gasteiger partial charge in [-0.1, -0.05) is 42.7 Å². The van der Waals surface area contributed by atoms with Gasteiger partial charge in [0.1, 0.15) is 16.8 Å². The zero-order chi connectivity index (χ0) is 22.6. The van der Waals surface area contributed by atoms with Gasteiger partial charge in [-0.2, -0.15) is 9.71 Å². The molecule has 1 atom stereocenters. The van der Waals surface area contributed by atoms with Gasteiger partial charge in [-0.05, 0) is 42.3 Å². The van der Waals surface area contributed by atoms with Gasteiger partial charge in [0.15, 0.2) is 6.61 Å². The highest BCUT2D eigenvalue weighted by Crippen LogP contribution is 2.19. The van der Waals surface area contributed by atoms with Gasteiger partial charge in [0.2, 0.25) is 15.8 Å². The standard InChI is InChI=1S/C20H19ClFN3O5S/c1-12(2)18(25-31(27,28)16-6-4-3-5-15(16)22)20(26)29-11-17-23-19(24-30-17)13-7-9-14(21)10-8-13/h3-10,12,18,25H,11H2,1-2H3/t18-/m0/s1. The fraction of sp³-hybridized carbons (Fsp3) is 0.250. The number of nitrogens with one attached hydrogen (secondary N) is 1. The number of halogens is 2. The number of carbonyl (C=O) groups excluding carboxylic acids is 1. The number of hydrogen-bond donors (Lipinski definition) is 1. The molecule has 0 bridgehead atoms. The van der Waals surface area contributed by atoms with E-state index in [0.29, 0.717) is 10.6 Å². The number of esters is 1. The van der Waals surface area contributed by atoms with Crippen LogP contribution in [0.25, 0.3) is 11.4 Å². The Morgan fingerprint density at radius 3 is 2.52 bits per heavy atom. The number of rotatable bonds is 8. The summed E-state index contributed by atoms with van der Waals surface area (Å²) in [6, 6.07) is 10.4. The van der Waals surface area contributed by atoms with Gasteiger partial charge in [0.25, 0.3) is 5.89 Å². The summed E-state index contributed by atoms with van der Waals surface area (Å²) in [6.07, 6.45) is 0. The van der Waals surface area contributed by atoms with Crippen molar-refractivity contribution in [2.45, 2.75) is 31.4 Å². The Labute approximate surface area is 183 Å². The van der Waals surface area contributed by atoms with Gasteiger partial charge in [-0.3, -0.25) is 4.79 Å². The highest BCUT2D eigenvalue weighted by atomic mass is 35.5. The second kappa shape index (κ2) is 9.54. The second-order valence-corrected chi connectivity index (χ2v) is 9.02. The molecular weight excluding hydrogens is 449 g/mol. The van der Waals surface area contributed by atoms with E-state index in [4.69, 9.17) is 20.9 Å². The molecule has 0 saturated carbocycles. The van der Waals surface area contributed by atoms with Gasteiger partial charge >= 0.3 is 5.97 Å². The van der Waals surface area contributed by atoms with Crippen LogP contribution in [0.15, 0.2) is 57.9 Å². The Morgan fingerprint density at radius 1 is 1.19 bits per heavy atom. The zero-order valence-corrected chi connectivity index (χ0v) is 18.2. The maximum Gasteiger partial charge on any atom is 0.324 e. The Hall–Kier alpha value is -2.82. The van der Waals surface area contributed by atoms with Crippen LogP contribution in [0, 0.1) is 11.7 Å². The number of benzene rings is 2. The minimum Gasteiger partial charge on any atom is -0.454 e. The van der Waals surface area contributed by atoms with Crippen LogP contribution in [-0.2, 0) is 26.2 Å². The normalized spacial score (nSPS) is 12.7. The summed E-state index contributed by atoms with van der Waals surface area (Å²) in [5, 5.41) is 4.36. The van der Waals surface area contributed by atoms with E-state index >= 15 is 0 Å². The number of aromatic nitrogens is 2. The molecule has 0 spiro atoms. The van der Waals surface area contributed by atoms with Crippen LogP contribution < -0.4 is 4.72 Å². The van der Waals surface area contributed by atoms with E-state index in [2.05, 4.69) is 14.9 Å². The lowest BCUT2D eigenvalue weighted by Gasteiger charge is -2.20. The third-order valence-corrected chi connectivity index (χ3v) is 5.96. The molecule has 0 radical (unpaired) electrons. The molecule has 0 amide bonds. The fourth-order valence-corrected chi connectivity index (χ4v) is 4.14. The Bertz CT molecular complexity index is 1170. The second-order valence-electron chi connectivity index (χ2n) is 6.90. The lowest BCUT2D eigenvalue weighted by molar-refractivity contribution is -0.148. The topological polar surface area (TPSA) is 111 Å². The van der Waals surface area contributed by atoms with E-state index in [1.165, 1.54) is 12.1 Å². The van der Waals surface area contributed by atoms with Crippen molar-refractivity contribution < 1.29 is 26.9 Å². The average molecular weight is 468 g/mol. The van der Waals surface area contributed by atoms with E-state index in [0.717, 1.165) is 12.1 Å². The molecule has 11 heteroatoms.